The zero-order chi connectivity index (χ0) is 78.0. The number of methoxy groups -OCH3 is 2. The summed E-state index contributed by atoms with van der Waals surface area (Å²) in [5.41, 5.74) is 5.02. The molecule has 0 amide bonds. The molecule has 0 bridgehead atoms. The van der Waals surface area contributed by atoms with Gasteiger partial charge in [0.1, 0.15) is 40.9 Å². The van der Waals surface area contributed by atoms with Crippen LogP contribution in [0.5, 0.6) is 11.5 Å². The number of carboxylic acids is 1. The second-order valence-electron chi connectivity index (χ2n) is 32.5. The Kier molecular flexibility index (Phi) is 30.9. The molecule has 0 aromatic heterocycles. The van der Waals surface area contributed by atoms with Crippen LogP contribution in [0.4, 0.5) is 0 Å². The third kappa shape index (κ3) is 23.3. The van der Waals surface area contributed by atoms with Gasteiger partial charge in [0.15, 0.2) is 33.5 Å². The number of carboxylic acid groups (broad SMARTS) is 1. The Morgan fingerprint density at radius 2 is 0.972 bits per heavy atom. The molecule has 2 heterocycles. The lowest BCUT2D eigenvalue weighted by Crippen LogP contribution is -2.67. The first kappa shape index (κ1) is 86.3. The molecule has 576 valence electrons. The van der Waals surface area contributed by atoms with Crippen LogP contribution >= 0.6 is 0 Å². The Morgan fingerprint density at radius 3 is 1.41 bits per heavy atom. The van der Waals surface area contributed by atoms with E-state index < -0.39 is 84.8 Å². The van der Waals surface area contributed by atoms with Crippen molar-refractivity contribution in [2.45, 2.75) is 219 Å². The number of carbonyl (C=O) groups excluding carboxylic acids is 1. The lowest BCUT2D eigenvalue weighted by Gasteiger charge is -2.45. The van der Waals surface area contributed by atoms with Crippen molar-refractivity contribution in [1.82, 2.24) is 0 Å². The predicted octanol–water partition coefficient (Wildman–Crippen LogP) is 18.2. The molecule has 0 aliphatic carbocycles. The topological polar surface area (TPSA) is 196 Å². The molecule has 2 fully saturated rings. The highest BCUT2D eigenvalue weighted by molar-refractivity contribution is 6.99. The SMILES string of the molecule is COCOc1ccc(-c2ccccc2)c(/C=C/C[C@@H]2OC(C)(C)O[C@@H]2C(/C=C\[C@@H](C)[C@@H](C)O[Si](c2ccccc2)(c2ccccc2)C(C)(C)C)O[Si](C)(C)C(C)(C)C)c1C(=O)OCC[Si](C)(C)C.COCOc1ccc(-c2ccccc2)c(/C=C/C[C@@H]2OC(C)(C)O[C@@H]2C(O)/C=C\[C@@H](C)[C@H](C)O)c1C(=O)O. The zero-order valence-electron chi connectivity index (χ0n) is 66.6. The van der Waals surface area contributed by atoms with E-state index in [0.717, 1.165) is 28.3 Å². The van der Waals surface area contributed by atoms with Gasteiger partial charge in [-0.05, 0) is 140 Å². The van der Waals surface area contributed by atoms with Gasteiger partial charge in [-0.1, -0.05) is 257 Å². The van der Waals surface area contributed by atoms with Crippen molar-refractivity contribution in [2.75, 3.05) is 34.4 Å². The molecule has 10 atom stereocenters. The Labute approximate surface area is 635 Å². The van der Waals surface area contributed by atoms with E-state index in [-0.39, 0.29) is 59.0 Å². The molecule has 2 saturated heterocycles. The lowest BCUT2D eigenvalue weighted by molar-refractivity contribution is -0.152. The van der Waals surface area contributed by atoms with Crippen molar-refractivity contribution in [3.63, 3.8) is 0 Å². The molecular weight excluding hydrogens is 1390 g/mol. The minimum Gasteiger partial charge on any atom is -0.478 e. The number of rotatable bonds is 33. The molecule has 2 unspecified atom stereocenters. The normalized spacial score (nSPS) is 19.6. The molecule has 8 rings (SSSR count). The molecule has 106 heavy (non-hydrogen) atoms. The molecular formula is C87H120O16Si3. The van der Waals surface area contributed by atoms with Gasteiger partial charge in [0.25, 0.3) is 8.32 Å². The van der Waals surface area contributed by atoms with Crippen LogP contribution in [0.15, 0.2) is 182 Å². The molecule has 0 saturated carbocycles. The lowest BCUT2D eigenvalue weighted by atomic mass is 9.93. The van der Waals surface area contributed by atoms with Crippen molar-refractivity contribution < 1.29 is 76.4 Å². The van der Waals surface area contributed by atoms with Crippen LogP contribution < -0.4 is 19.8 Å². The Morgan fingerprint density at radius 1 is 0.538 bits per heavy atom. The third-order valence-corrected chi connectivity index (χ3v) is 31.2. The first-order valence-electron chi connectivity index (χ1n) is 37.2. The fourth-order valence-electron chi connectivity index (χ4n) is 12.8. The van der Waals surface area contributed by atoms with E-state index in [4.69, 9.17) is 51.5 Å². The minimum absolute atomic E-state index is 0.0147. The largest absolute Gasteiger partial charge is 0.478 e. The van der Waals surface area contributed by atoms with Gasteiger partial charge in [0.2, 0.25) is 0 Å². The van der Waals surface area contributed by atoms with Crippen molar-refractivity contribution in [2.24, 2.45) is 11.8 Å². The molecule has 0 spiro atoms. The van der Waals surface area contributed by atoms with Gasteiger partial charge in [-0.2, -0.15) is 0 Å². The smallest absolute Gasteiger partial charge is 0.342 e. The second kappa shape index (κ2) is 37.9. The first-order valence-corrected chi connectivity index (χ1v) is 45.7. The highest BCUT2D eigenvalue weighted by Gasteiger charge is 2.52. The summed E-state index contributed by atoms with van der Waals surface area (Å²) >= 11 is 0. The Balaban J connectivity index is 0.000000348. The highest BCUT2D eigenvalue weighted by atomic mass is 28.4. The molecule has 2 aliphatic heterocycles. The maximum Gasteiger partial charge on any atom is 0.342 e. The summed E-state index contributed by atoms with van der Waals surface area (Å²) in [5, 5.41) is 33.0. The number of aromatic carboxylic acids is 1. The maximum absolute atomic E-state index is 14.2. The predicted molar refractivity (Wildman–Crippen MR) is 434 cm³/mol. The summed E-state index contributed by atoms with van der Waals surface area (Å²) in [7, 11) is -3.60. The van der Waals surface area contributed by atoms with E-state index in [1.54, 1.807) is 52.2 Å². The number of hydrogen-bond donors (Lipinski definition) is 3. The quantitative estimate of drug-likeness (QED) is 0.0152. The van der Waals surface area contributed by atoms with E-state index >= 15 is 0 Å². The van der Waals surface area contributed by atoms with Crippen molar-refractivity contribution in [1.29, 1.82) is 0 Å². The van der Waals surface area contributed by atoms with Gasteiger partial charge in [-0.15, -0.1) is 0 Å². The van der Waals surface area contributed by atoms with E-state index in [2.05, 4.69) is 167 Å². The zero-order valence-corrected chi connectivity index (χ0v) is 69.6. The number of ether oxygens (including phenoxy) is 9. The van der Waals surface area contributed by atoms with E-state index in [9.17, 15) is 24.9 Å². The van der Waals surface area contributed by atoms with Crippen LogP contribution in [0.25, 0.3) is 34.4 Å². The molecule has 19 heteroatoms. The summed E-state index contributed by atoms with van der Waals surface area (Å²) in [6.07, 6.45) is 12.4. The number of aliphatic hydroxyl groups excluding tert-OH is 2. The van der Waals surface area contributed by atoms with Gasteiger partial charge in [-0.25, -0.2) is 9.59 Å². The van der Waals surface area contributed by atoms with E-state index in [0.29, 0.717) is 41.9 Å². The van der Waals surface area contributed by atoms with Gasteiger partial charge in [0, 0.05) is 39.5 Å². The minimum atomic E-state index is -2.81. The van der Waals surface area contributed by atoms with Crippen molar-refractivity contribution in [3.05, 3.63) is 204 Å². The van der Waals surface area contributed by atoms with Gasteiger partial charge >= 0.3 is 11.9 Å². The third-order valence-electron chi connectivity index (χ3n) is 19.9. The molecule has 0 radical (unpaired) electrons. The number of aliphatic hydroxyl groups is 2. The Bertz CT molecular complexity index is 3830. The van der Waals surface area contributed by atoms with Gasteiger partial charge in [-0.3, -0.25) is 0 Å². The molecule has 16 nitrogen and oxygen atoms in total. The van der Waals surface area contributed by atoms with Crippen LogP contribution in [0, 0.1) is 11.8 Å². The van der Waals surface area contributed by atoms with Crippen LogP contribution in [-0.4, -0.2) is 147 Å². The highest BCUT2D eigenvalue weighted by Crippen LogP contribution is 2.44. The Hall–Kier alpha value is -6.93. The summed E-state index contributed by atoms with van der Waals surface area (Å²) in [5.74, 6) is -2.82. The summed E-state index contributed by atoms with van der Waals surface area (Å²) in [6, 6.07) is 49.4. The monoisotopic (exact) mass is 1500 g/mol. The molecule has 3 N–H and O–H groups in total. The van der Waals surface area contributed by atoms with E-state index in [1.807, 2.05) is 112 Å². The average Bonchev–Trinajstić information content (AvgIpc) is 0.927. The molecule has 2 aliphatic rings. The summed E-state index contributed by atoms with van der Waals surface area (Å²) in [6.45, 7) is 40.9. The van der Waals surface area contributed by atoms with Gasteiger partial charge < -0.3 is 66.8 Å². The van der Waals surface area contributed by atoms with Crippen molar-refractivity contribution >= 4 is 59.2 Å². The van der Waals surface area contributed by atoms with Crippen LogP contribution in [0.3, 0.4) is 0 Å². The van der Waals surface area contributed by atoms with Crippen molar-refractivity contribution in [3.8, 4) is 33.8 Å². The van der Waals surface area contributed by atoms with Crippen LogP contribution in [0.2, 0.25) is 48.9 Å². The molecule has 6 aromatic rings. The summed E-state index contributed by atoms with van der Waals surface area (Å²) < 4.78 is 68.5. The second-order valence-corrected chi connectivity index (χ2v) is 47.1. The number of benzene rings is 6. The first-order chi connectivity index (χ1) is 49.8. The number of carbonyl (C=O) groups is 2. The molecule has 6 aromatic carbocycles. The number of esters is 1. The maximum atomic E-state index is 14.2. The summed E-state index contributed by atoms with van der Waals surface area (Å²) in [4.78, 5) is 26.5. The standard InChI is InChI=1S/C57H82O8Si3.C30H38O8/c1-42(43(2)64-68(56(6,7)8,45-29-22-18-23-30-45)46-31-24-19-25-32-46)35-37-51(65-67(15,16)55(3,4)5)53-50(62-57(9,10)63-53)34-26-33-48-47(44-27-20-17-21-28-44)36-38-49(61-41-59-11)52(48)54(58)60-39-40-66(12,13)14;1-19(20(2)31)14-16-24(32)28-26(37-30(3,4)38-28)13-9-12-23-22(21-10-7-6-8-11-21)15-17-25(36-18-35-5)27(23)29(33)34/h17-33,35-38,42-43,50-51,53H,34,39-41H2,1-16H3;6-12,14-17,19-20,24,26,28,31-32H,13,18H2,1-5H3,(H,33,34)/b33-26+,37-35-;12-9+,16-14-/t42-,43-,50+,51?,53+;19-,20+,24?,26+,28-/m11/s1. The van der Waals surface area contributed by atoms with Crippen LogP contribution in [0.1, 0.15) is 142 Å². The number of hydrogen-bond acceptors (Lipinski definition) is 15. The van der Waals surface area contributed by atoms with E-state index in [1.165, 1.54) is 17.5 Å². The van der Waals surface area contributed by atoms with Gasteiger partial charge in [0.05, 0.1) is 31.0 Å². The fraction of sp³-hybridized carbons (Fsp3) is 0.471. The van der Waals surface area contributed by atoms with Crippen LogP contribution in [-0.2, 0) is 42.0 Å². The fourth-order valence-corrected chi connectivity index (χ4v) is 19.6. The average molecular weight is 1510 g/mol.